The second kappa shape index (κ2) is 10.8. The van der Waals surface area contributed by atoms with Crippen molar-refractivity contribution in [1.82, 2.24) is 15.3 Å². The molecule has 8 nitrogen and oxygen atoms in total. The molecule has 5 rings (SSSR count). The van der Waals surface area contributed by atoms with Crippen molar-refractivity contribution < 1.29 is 9.53 Å². The summed E-state index contributed by atoms with van der Waals surface area (Å²) in [5, 5.41) is 13.2. The third-order valence-corrected chi connectivity index (χ3v) is 7.20. The summed E-state index contributed by atoms with van der Waals surface area (Å²) in [6, 6.07) is 18.0. The van der Waals surface area contributed by atoms with E-state index in [1.807, 2.05) is 42.5 Å². The second-order valence-electron chi connectivity index (χ2n) is 9.47. The van der Waals surface area contributed by atoms with Gasteiger partial charge in [-0.2, -0.15) is 5.26 Å². The number of hydrogen-bond acceptors (Lipinski definition) is 7. The monoisotopic (exact) mass is 484 g/mol. The lowest BCUT2D eigenvalue weighted by Gasteiger charge is -2.38. The van der Waals surface area contributed by atoms with Crippen molar-refractivity contribution in [2.75, 3.05) is 43.1 Å². The molecule has 3 aromatic rings. The molecule has 1 atom stereocenters. The van der Waals surface area contributed by atoms with Gasteiger partial charge < -0.3 is 19.9 Å². The van der Waals surface area contributed by atoms with Gasteiger partial charge in [-0.1, -0.05) is 43.5 Å². The largest absolute Gasteiger partial charge is 0.495 e. The number of para-hydroxylation sites is 4. The lowest BCUT2D eigenvalue weighted by molar-refractivity contribution is -0.122. The van der Waals surface area contributed by atoms with Crippen LogP contribution < -0.4 is 19.9 Å². The Labute approximate surface area is 211 Å². The first-order chi connectivity index (χ1) is 17.7. The molecule has 2 aromatic carbocycles. The predicted molar refractivity (Wildman–Crippen MR) is 140 cm³/mol. The van der Waals surface area contributed by atoms with Crippen molar-refractivity contribution in [3.63, 3.8) is 0 Å². The van der Waals surface area contributed by atoms with Crippen molar-refractivity contribution in [3.8, 4) is 11.8 Å². The van der Waals surface area contributed by atoms with E-state index < -0.39 is 5.92 Å². The molecule has 2 heterocycles. The number of carbonyl (C=O) groups is 1. The number of nitrogens with one attached hydrogen (secondary N) is 1. The molecule has 1 aromatic heterocycles. The highest BCUT2D eigenvalue weighted by atomic mass is 16.5. The number of amides is 1. The van der Waals surface area contributed by atoms with Gasteiger partial charge >= 0.3 is 0 Å². The number of ether oxygens (including phenoxy) is 1. The van der Waals surface area contributed by atoms with Gasteiger partial charge in [0.1, 0.15) is 11.4 Å². The van der Waals surface area contributed by atoms with Gasteiger partial charge in [-0.25, -0.2) is 9.97 Å². The van der Waals surface area contributed by atoms with Crippen LogP contribution >= 0.6 is 0 Å². The van der Waals surface area contributed by atoms with Crippen LogP contribution in [0.4, 0.5) is 11.5 Å². The molecular formula is C28H32N6O2. The van der Waals surface area contributed by atoms with Gasteiger partial charge in [0.05, 0.1) is 29.9 Å². The molecule has 8 heteroatoms. The molecule has 36 heavy (non-hydrogen) atoms. The van der Waals surface area contributed by atoms with Gasteiger partial charge in [0.15, 0.2) is 11.7 Å². The maximum absolute atomic E-state index is 13.3. The van der Waals surface area contributed by atoms with Crippen LogP contribution in [0.5, 0.6) is 5.75 Å². The van der Waals surface area contributed by atoms with E-state index in [0.717, 1.165) is 55.7 Å². The Morgan fingerprint density at radius 1 is 0.972 bits per heavy atom. The Morgan fingerprint density at radius 3 is 2.31 bits per heavy atom. The van der Waals surface area contributed by atoms with Crippen LogP contribution in [0.3, 0.4) is 0 Å². The first-order valence-electron chi connectivity index (χ1n) is 12.8. The second-order valence-corrected chi connectivity index (χ2v) is 9.47. The normalized spacial score (nSPS) is 17.4. The summed E-state index contributed by atoms with van der Waals surface area (Å²) in [4.78, 5) is 27.5. The van der Waals surface area contributed by atoms with Gasteiger partial charge in [0, 0.05) is 32.2 Å². The molecule has 0 radical (unpaired) electrons. The molecular weight excluding hydrogens is 452 g/mol. The maximum Gasteiger partial charge on any atom is 0.243 e. The molecule has 1 unspecified atom stereocenters. The van der Waals surface area contributed by atoms with E-state index in [1.165, 1.54) is 6.42 Å². The highest BCUT2D eigenvalue weighted by Gasteiger charge is 2.31. The summed E-state index contributed by atoms with van der Waals surface area (Å²) >= 11 is 0. The average Bonchev–Trinajstić information content (AvgIpc) is 2.93. The quantitative estimate of drug-likeness (QED) is 0.565. The smallest absolute Gasteiger partial charge is 0.243 e. The highest BCUT2D eigenvalue weighted by Crippen LogP contribution is 2.32. The van der Waals surface area contributed by atoms with Crippen LogP contribution in [0.2, 0.25) is 0 Å². The average molecular weight is 485 g/mol. The minimum absolute atomic E-state index is 0.128. The van der Waals surface area contributed by atoms with Crippen molar-refractivity contribution >= 4 is 28.4 Å². The Bertz CT molecular complexity index is 1260. The van der Waals surface area contributed by atoms with Crippen molar-refractivity contribution in [2.24, 2.45) is 0 Å². The zero-order valence-corrected chi connectivity index (χ0v) is 20.7. The van der Waals surface area contributed by atoms with Gasteiger partial charge in [0.2, 0.25) is 5.91 Å². The summed E-state index contributed by atoms with van der Waals surface area (Å²) < 4.78 is 5.55. The van der Waals surface area contributed by atoms with Crippen LogP contribution in [0, 0.1) is 11.3 Å². The maximum atomic E-state index is 13.3. The lowest BCUT2D eigenvalue weighted by atomic mass is 9.94. The van der Waals surface area contributed by atoms with Gasteiger partial charge in [0.25, 0.3) is 0 Å². The molecule has 2 aliphatic rings. The van der Waals surface area contributed by atoms with E-state index in [1.54, 1.807) is 7.11 Å². The molecule has 1 saturated heterocycles. The Morgan fingerprint density at radius 2 is 1.61 bits per heavy atom. The number of hydrogen-bond donors (Lipinski definition) is 1. The number of nitriles is 1. The number of methoxy groups -OCH3 is 1. The molecule has 2 fully saturated rings. The van der Waals surface area contributed by atoms with E-state index in [2.05, 4.69) is 27.3 Å². The molecule has 186 valence electrons. The summed E-state index contributed by atoms with van der Waals surface area (Å²) in [5.41, 5.74) is 2.95. The molecule has 0 bridgehead atoms. The summed E-state index contributed by atoms with van der Waals surface area (Å²) in [6.07, 6.45) is 5.35. The van der Waals surface area contributed by atoms with Crippen LogP contribution in [-0.4, -0.2) is 55.2 Å². The van der Waals surface area contributed by atoms with E-state index in [0.29, 0.717) is 30.1 Å². The Kier molecular flexibility index (Phi) is 7.17. The van der Waals surface area contributed by atoms with Crippen LogP contribution in [-0.2, 0) is 4.79 Å². The fraction of sp³-hybridized carbons (Fsp3) is 0.429. The van der Waals surface area contributed by atoms with Crippen LogP contribution in [0.25, 0.3) is 11.0 Å². The molecule has 1 aliphatic heterocycles. The number of fused-ring (bicyclic) bond motifs is 1. The zero-order chi connectivity index (χ0) is 24.9. The molecule has 1 aliphatic carbocycles. The number of carbonyl (C=O) groups excluding carboxylic acids is 1. The third kappa shape index (κ3) is 4.92. The van der Waals surface area contributed by atoms with E-state index in [-0.39, 0.29) is 11.9 Å². The van der Waals surface area contributed by atoms with Crippen LogP contribution in [0.15, 0.2) is 48.5 Å². The number of aromatic nitrogens is 2. The van der Waals surface area contributed by atoms with Crippen molar-refractivity contribution in [3.05, 3.63) is 54.2 Å². The number of anilines is 2. The third-order valence-electron chi connectivity index (χ3n) is 7.20. The molecule has 1 amide bonds. The van der Waals surface area contributed by atoms with E-state index in [9.17, 15) is 10.1 Å². The fourth-order valence-corrected chi connectivity index (χ4v) is 5.26. The lowest BCUT2D eigenvalue weighted by Crippen LogP contribution is -2.47. The molecule has 1 saturated carbocycles. The van der Waals surface area contributed by atoms with Crippen molar-refractivity contribution in [2.45, 2.75) is 44.1 Å². The molecule has 1 N–H and O–H groups in total. The molecule has 0 spiro atoms. The Hall–Kier alpha value is -3.86. The van der Waals surface area contributed by atoms with E-state index >= 15 is 0 Å². The minimum atomic E-state index is -1.01. The minimum Gasteiger partial charge on any atom is -0.495 e. The van der Waals surface area contributed by atoms with Crippen LogP contribution in [0.1, 0.15) is 43.7 Å². The number of benzene rings is 2. The number of piperazine rings is 1. The van der Waals surface area contributed by atoms with Gasteiger partial charge in [-0.05, 0) is 37.1 Å². The first-order valence-corrected chi connectivity index (χ1v) is 12.8. The van der Waals surface area contributed by atoms with Gasteiger partial charge in [-0.3, -0.25) is 4.79 Å². The summed E-state index contributed by atoms with van der Waals surface area (Å²) in [5.74, 6) is 0.189. The standard InChI is InChI=1S/C28H32N6O2/c1-36-25-14-8-7-13-24(25)33-15-17-34(18-16-33)27-26(31-22-11-5-6-12-23(22)32-27)21(19-29)28(35)30-20-9-3-2-4-10-20/h5-8,11-14,20-21H,2-4,9-10,15-18H2,1H3,(H,30,35). The summed E-state index contributed by atoms with van der Waals surface area (Å²) in [6.45, 7) is 2.92. The van der Waals surface area contributed by atoms with Crippen molar-refractivity contribution in [1.29, 1.82) is 5.26 Å². The predicted octanol–water partition coefficient (Wildman–Crippen LogP) is 4.02. The summed E-state index contributed by atoms with van der Waals surface area (Å²) in [7, 11) is 1.69. The topological polar surface area (TPSA) is 94.4 Å². The zero-order valence-electron chi connectivity index (χ0n) is 20.7. The SMILES string of the molecule is COc1ccccc1N1CCN(c2nc3ccccc3nc2C(C#N)C(=O)NC2CCCCC2)CC1. The van der Waals surface area contributed by atoms with Gasteiger partial charge in [-0.15, -0.1) is 0 Å². The number of nitrogens with zero attached hydrogens (tertiary/aromatic N) is 5. The Balaban J connectivity index is 1.42. The first kappa shape index (κ1) is 23.9. The highest BCUT2D eigenvalue weighted by molar-refractivity contribution is 5.89. The fourth-order valence-electron chi connectivity index (χ4n) is 5.26. The number of rotatable bonds is 6. The van der Waals surface area contributed by atoms with E-state index in [4.69, 9.17) is 14.7 Å².